The normalized spacial score (nSPS) is 12.4. The summed E-state index contributed by atoms with van der Waals surface area (Å²) < 4.78 is 13.9. The van der Waals surface area contributed by atoms with Crippen LogP contribution < -0.4 is 5.32 Å². The monoisotopic (exact) mass is 303 g/mol. The van der Waals surface area contributed by atoms with Gasteiger partial charge in [-0.2, -0.15) is 0 Å². The van der Waals surface area contributed by atoms with Gasteiger partial charge in [-0.1, -0.05) is 36.4 Å². The van der Waals surface area contributed by atoms with Gasteiger partial charge >= 0.3 is 0 Å². The van der Waals surface area contributed by atoms with Crippen LogP contribution >= 0.6 is 11.8 Å². The zero-order valence-electron chi connectivity index (χ0n) is 13.0. The molecule has 3 heteroatoms. The second kappa shape index (κ2) is 7.10. The maximum absolute atomic E-state index is 13.9. The van der Waals surface area contributed by atoms with E-state index in [-0.39, 0.29) is 11.9 Å². The molecule has 2 aromatic rings. The number of rotatable bonds is 5. The molecule has 0 aliphatic heterocycles. The Hall–Kier alpha value is -1.32. The smallest absolute Gasteiger partial charge is 0.126 e. The molecular weight excluding hydrogens is 281 g/mol. The van der Waals surface area contributed by atoms with Gasteiger partial charge in [0.25, 0.3) is 0 Å². The van der Waals surface area contributed by atoms with Crippen molar-refractivity contribution in [1.82, 2.24) is 5.32 Å². The van der Waals surface area contributed by atoms with Crippen LogP contribution in [0.5, 0.6) is 0 Å². The topological polar surface area (TPSA) is 12.0 Å². The summed E-state index contributed by atoms with van der Waals surface area (Å²) in [5.74, 6) is -0.136. The number of benzene rings is 2. The summed E-state index contributed by atoms with van der Waals surface area (Å²) in [6.07, 6.45) is 0. The summed E-state index contributed by atoms with van der Waals surface area (Å²) in [6.45, 7) is 8.91. The third-order valence-electron chi connectivity index (χ3n) is 3.49. The molecule has 0 bridgehead atoms. The van der Waals surface area contributed by atoms with Crippen LogP contribution in [0.1, 0.15) is 36.6 Å². The lowest BCUT2D eigenvalue weighted by Crippen LogP contribution is -2.18. The lowest BCUT2D eigenvalue weighted by Gasteiger charge is -2.18. The Bertz CT molecular complexity index is 625. The third kappa shape index (κ3) is 4.08. The average Bonchev–Trinajstić information content (AvgIpc) is 2.43. The van der Waals surface area contributed by atoms with E-state index < -0.39 is 0 Å². The van der Waals surface area contributed by atoms with E-state index in [1.54, 1.807) is 17.8 Å². The Morgan fingerprint density at radius 2 is 1.95 bits per heavy atom. The fourth-order valence-electron chi connectivity index (χ4n) is 2.32. The van der Waals surface area contributed by atoms with Crippen molar-refractivity contribution in [2.75, 3.05) is 6.54 Å². The van der Waals surface area contributed by atoms with E-state index in [0.717, 1.165) is 17.0 Å². The Kier molecular flexibility index (Phi) is 5.43. The fourth-order valence-corrected chi connectivity index (χ4v) is 3.55. The summed E-state index contributed by atoms with van der Waals surface area (Å²) in [5.41, 5.74) is 2.95. The van der Waals surface area contributed by atoms with Crippen LogP contribution in [-0.2, 0) is 0 Å². The number of hydrogen-bond acceptors (Lipinski definition) is 2. The van der Waals surface area contributed by atoms with Gasteiger partial charge in [0.1, 0.15) is 5.82 Å². The van der Waals surface area contributed by atoms with Gasteiger partial charge in [-0.05, 0) is 62.7 Å². The molecule has 1 atom stereocenters. The Balaban J connectivity index is 2.39. The minimum atomic E-state index is -0.136. The summed E-state index contributed by atoms with van der Waals surface area (Å²) in [5, 5.41) is 3.37. The highest BCUT2D eigenvalue weighted by Crippen LogP contribution is 2.35. The van der Waals surface area contributed by atoms with Crippen LogP contribution in [0.4, 0.5) is 4.39 Å². The van der Waals surface area contributed by atoms with Gasteiger partial charge in [-0.3, -0.25) is 0 Å². The standard InChI is InChI=1S/C18H22FNS/c1-5-20-14(4)16-11-17(19)13(3)10-18(16)21-15-8-6-7-12(2)9-15/h6-11,14,20H,5H2,1-4H3. The van der Waals surface area contributed by atoms with Crippen LogP contribution in [0.25, 0.3) is 0 Å². The summed E-state index contributed by atoms with van der Waals surface area (Å²) in [6, 6.07) is 12.1. The Morgan fingerprint density at radius 1 is 1.19 bits per heavy atom. The van der Waals surface area contributed by atoms with Crippen molar-refractivity contribution in [3.63, 3.8) is 0 Å². The van der Waals surface area contributed by atoms with Gasteiger partial charge < -0.3 is 5.32 Å². The molecule has 2 rings (SSSR count). The number of nitrogens with one attached hydrogen (secondary N) is 1. The maximum atomic E-state index is 13.9. The first-order valence-corrected chi connectivity index (χ1v) is 8.11. The van der Waals surface area contributed by atoms with Gasteiger partial charge in [-0.15, -0.1) is 0 Å². The molecule has 1 nitrogen and oxygen atoms in total. The molecule has 0 saturated carbocycles. The predicted molar refractivity (Wildman–Crippen MR) is 88.5 cm³/mol. The lowest BCUT2D eigenvalue weighted by molar-refractivity contribution is 0.571. The van der Waals surface area contributed by atoms with Crippen LogP contribution in [-0.4, -0.2) is 6.54 Å². The first-order valence-electron chi connectivity index (χ1n) is 7.29. The van der Waals surface area contributed by atoms with Gasteiger partial charge in [0.15, 0.2) is 0 Å². The van der Waals surface area contributed by atoms with Crippen molar-refractivity contribution in [2.45, 2.75) is 43.5 Å². The highest BCUT2D eigenvalue weighted by molar-refractivity contribution is 7.99. The summed E-state index contributed by atoms with van der Waals surface area (Å²) in [7, 11) is 0. The molecule has 1 unspecified atom stereocenters. The molecule has 112 valence electrons. The molecule has 0 heterocycles. The minimum absolute atomic E-state index is 0.136. The van der Waals surface area contributed by atoms with Crippen LogP contribution in [0, 0.1) is 19.7 Å². The quantitative estimate of drug-likeness (QED) is 0.808. The molecule has 0 radical (unpaired) electrons. The molecule has 0 aromatic heterocycles. The van der Waals surface area contributed by atoms with E-state index in [9.17, 15) is 4.39 Å². The summed E-state index contributed by atoms with van der Waals surface area (Å²) in [4.78, 5) is 2.30. The zero-order chi connectivity index (χ0) is 15.4. The number of halogens is 1. The number of hydrogen-bond donors (Lipinski definition) is 1. The van der Waals surface area contributed by atoms with E-state index in [4.69, 9.17) is 0 Å². The average molecular weight is 303 g/mol. The SMILES string of the molecule is CCNC(C)c1cc(F)c(C)cc1Sc1cccc(C)c1. The minimum Gasteiger partial charge on any atom is -0.310 e. The first kappa shape index (κ1) is 16.1. The van der Waals surface area contributed by atoms with Gasteiger partial charge in [-0.25, -0.2) is 4.39 Å². The highest BCUT2D eigenvalue weighted by atomic mass is 32.2. The molecule has 0 spiro atoms. The van der Waals surface area contributed by atoms with Gasteiger partial charge in [0.05, 0.1) is 0 Å². The van der Waals surface area contributed by atoms with E-state index in [1.807, 2.05) is 13.0 Å². The molecule has 0 amide bonds. The van der Waals surface area contributed by atoms with Crippen molar-refractivity contribution < 1.29 is 4.39 Å². The molecule has 21 heavy (non-hydrogen) atoms. The van der Waals surface area contributed by atoms with Crippen molar-refractivity contribution >= 4 is 11.8 Å². The zero-order valence-corrected chi connectivity index (χ0v) is 13.9. The molecule has 0 aliphatic carbocycles. The molecule has 0 aliphatic rings. The van der Waals surface area contributed by atoms with Gasteiger partial charge in [0.2, 0.25) is 0 Å². The van der Waals surface area contributed by atoms with Crippen molar-refractivity contribution in [3.8, 4) is 0 Å². The van der Waals surface area contributed by atoms with Crippen LogP contribution in [0.3, 0.4) is 0 Å². The van der Waals surface area contributed by atoms with E-state index >= 15 is 0 Å². The van der Waals surface area contributed by atoms with Crippen molar-refractivity contribution in [2.24, 2.45) is 0 Å². The highest BCUT2D eigenvalue weighted by Gasteiger charge is 2.14. The third-order valence-corrected chi connectivity index (χ3v) is 4.55. The van der Waals surface area contributed by atoms with E-state index in [0.29, 0.717) is 5.56 Å². The lowest BCUT2D eigenvalue weighted by atomic mass is 10.1. The van der Waals surface area contributed by atoms with E-state index in [2.05, 4.69) is 50.4 Å². The largest absolute Gasteiger partial charge is 0.310 e. The maximum Gasteiger partial charge on any atom is 0.126 e. The van der Waals surface area contributed by atoms with Gasteiger partial charge in [0, 0.05) is 15.8 Å². The Morgan fingerprint density at radius 3 is 2.62 bits per heavy atom. The number of aryl methyl sites for hydroxylation is 2. The first-order chi connectivity index (χ1) is 10.0. The predicted octanol–water partition coefficient (Wildman–Crippen LogP) is 5.26. The molecular formula is C18H22FNS. The second-order valence-electron chi connectivity index (χ2n) is 5.34. The molecule has 0 saturated heterocycles. The van der Waals surface area contributed by atoms with Crippen LogP contribution in [0.2, 0.25) is 0 Å². The van der Waals surface area contributed by atoms with Crippen molar-refractivity contribution in [1.29, 1.82) is 0 Å². The van der Waals surface area contributed by atoms with Crippen molar-refractivity contribution in [3.05, 3.63) is 58.9 Å². The second-order valence-corrected chi connectivity index (χ2v) is 6.45. The molecule has 2 aromatic carbocycles. The molecule has 1 N–H and O–H groups in total. The van der Waals surface area contributed by atoms with E-state index in [1.165, 1.54) is 10.5 Å². The Labute approximate surface area is 131 Å². The summed E-state index contributed by atoms with van der Waals surface area (Å²) >= 11 is 1.70. The van der Waals surface area contributed by atoms with Crippen LogP contribution in [0.15, 0.2) is 46.2 Å². The molecule has 0 fully saturated rings. The fraction of sp³-hybridized carbons (Fsp3) is 0.333.